The largest absolute Gasteiger partial charge is 0.350 e. The fourth-order valence-corrected chi connectivity index (χ4v) is 4.51. The molecule has 0 bridgehead atoms. The van der Waals surface area contributed by atoms with Gasteiger partial charge < -0.3 is 5.32 Å². The van der Waals surface area contributed by atoms with Crippen LogP contribution in [-0.4, -0.2) is 54.0 Å². The molecule has 4 nitrogen and oxygen atoms in total. The van der Waals surface area contributed by atoms with Gasteiger partial charge in [0.15, 0.2) is 11.6 Å². The van der Waals surface area contributed by atoms with Crippen molar-refractivity contribution in [2.24, 2.45) is 5.41 Å². The summed E-state index contributed by atoms with van der Waals surface area (Å²) in [6.07, 6.45) is 3.24. The van der Waals surface area contributed by atoms with E-state index in [9.17, 15) is 13.6 Å². The van der Waals surface area contributed by atoms with Crippen molar-refractivity contribution in [1.82, 2.24) is 15.1 Å². The van der Waals surface area contributed by atoms with Crippen molar-refractivity contribution in [2.45, 2.75) is 52.1 Å². The van der Waals surface area contributed by atoms with Crippen LogP contribution in [0.25, 0.3) is 0 Å². The van der Waals surface area contributed by atoms with Crippen LogP contribution in [-0.2, 0) is 11.3 Å². The van der Waals surface area contributed by atoms with E-state index in [1.165, 1.54) is 0 Å². The third-order valence-corrected chi connectivity index (χ3v) is 5.56. The predicted octanol–water partition coefficient (Wildman–Crippen LogP) is 3.17. The van der Waals surface area contributed by atoms with Crippen molar-refractivity contribution < 1.29 is 13.6 Å². The van der Waals surface area contributed by atoms with Crippen LogP contribution >= 0.6 is 0 Å². The Morgan fingerprint density at radius 1 is 1.15 bits per heavy atom. The first-order valence-electron chi connectivity index (χ1n) is 9.84. The number of rotatable bonds is 4. The molecule has 1 amide bonds. The Labute approximate surface area is 160 Å². The Morgan fingerprint density at radius 3 is 2.63 bits per heavy atom. The number of carbonyl (C=O) groups excluding carboxylic acids is 1. The maximum Gasteiger partial charge on any atom is 0.234 e. The highest BCUT2D eigenvalue weighted by Crippen LogP contribution is 2.39. The molecule has 0 saturated carbocycles. The molecule has 2 fully saturated rings. The fourth-order valence-electron chi connectivity index (χ4n) is 4.51. The van der Waals surface area contributed by atoms with Gasteiger partial charge in [0.1, 0.15) is 0 Å². The molecule has 1 aromatic carbocycles. The molecule has 1 atom stereocenters. The van der Waals surface area contributed by atoms with Crippen LogP contribution in [0.2, 0.25) is 0 Å². The highest BCUT2D eigenvalue weighted by atomic mass is 19.2. The molecule has 27 heavy (non-hydrogen) atoms. The van der Waals surface area contributed by atoms with E-state index in [0.29, 0.717) is 18.7 Å². The summed E-state index contributed by atoms with van der Waals surface area (Å²) >= 11 is 0. The van der Waals surface area contributed by atoms with Gasteiger partial charge in [-0.1, -0.05) is 12.1 Å². The van der Waals surface area contributed by atoms with Crippen LogP contribution < -0.4 is 5.32 Å². The van der Waals surface area contributed by atoms with E-state index in [-0.39, 0.29) is 16.9 Å². The summed E-state index contributed by atoms with van der Waals surface area (Å²) in [5, 5.41) is 3.02. The summed E-state index contributed by atoms with van der Waals surface area (Å²) < 4.78 is 27.5. The summed E-state index contributed by atoms with van der Waals surface area (Å²) in [5.74, 6) is -1.45. The minimum atomic E-state index is -0.781. The van der Waals surface area contributed by atoms with E-state index < -0.39 is 11.6 Å². The maximum absolute atomic E-state index is 14.0. The van der Waals surface area contributed by atoms with Gasteiger partial charge in [-0.2, -0.15) is 0 Å². The van der Waals surface area contributed by atoms with E-state index in [4.69, 9.17) is 0 Å². The number of halogens is 2. The number of benzene rings is 1. The number of hydrogen-bond acceptors (Lipinski definition) is 3. The quantitative estimate of drug-likeness (QED) is 0.873. The van der Waals surface area contributed by atoms with Crippen molar-refractivity contribution in [3.05, 3.63) is 35.4 Å². The molecule has 2 aliphatic rings. The topological polar surface area (TPSA) is 35.6 Å². The van der Waals surface area contributed by atoms with Gasteiger partial charge in [0, 0.05) is 30.7 Å². The van der Waals surface area contributed by atoms with Gasteiger partial charge in [-0.3, -0.25) is 14.6 Å². The van der Waals surface area contributed by atoms with Gasteiger partial charge in [-0.25, -0.2) is 8.78 Å². The third-order valence-electron chi connectivity index (χ3n) is 5.56. The molecule has 1 N–H and O–H groups in total. The van der Waals surface area contributed by atoms with Crippen LogP contribution in [0.15, 0.2) is 18.2 Å². The number of amides is 1. The summed E-state index contributed by atoms with van der Waals surface area (Å²) in [4.78, 5) is 16.7. The van der Waals surface area contributed by atoms with Crippen LogP contribution in [0.4, 0.5) is 8.78 Å². The van der Waals surface area contributed by atoms with Gasteiger partial charge >= 0.3 is 0 Å². The molecule has 1 aromatic rings. The maximum atomic E-state index is 14.0. The third kappa shape index (κ3) is 5.26. The molecule has 2 heterocycles. The highest BCUT2D eigenvalue weighted by molar-refractivity contribution is 5.78. The molecule has 3 rings (SSSR count). The number of likely N-dealkylation sites (tertiary alicyclic amines) is 2. The van der Waals surface area contributed by atoms with Crippen LogP contribution in [0, 0.1) is 17.0 Å². The van der Waals surface area contributed by atoms with E-state index in [1.807, 2.05) is 20.8 Å². The molecule has 2 aliphatic heterocycles. The second kappa shape index (κ2) is 7.84. The van der Waals surface area contributed by atoms with Crippen LogP contribution in [0.1, 0.15) is 45.6 Å². The Morgan fingerprint density at radius 2 is 1.89 bits per heavy atom. The average molecular weight is 379 g/mol. The summed E-state index contributed by atoms with van der Waals surface area (Å²) in [5.41, 5.74) is 0.362. The van der Waals surface area contributed by atoms with E-state index in [0.717, 1.165) is 51.5 Å². The number of hydrogen-bond donors (Lipinski definition) is 1. The molecule has 0 aliphatic carbocycles. The smallest absolute Gasteiger partial charge is 0.234 e. The molecule has 1 spiro atoms. The molecule has 0 radical (unpaired) electrons. The SMILES string of the molecule is CC(C)(C)NC(=O)CN1CC[C@]2(CCCN(Cc3cccc(F)c3F)C2)C1. The average Bonchev–Trinajstić information content (AvgIpc) is 2.92. The summed E-state index contributed by atoms with van der Waals surface area (Å²) in [6, 6.07) is 4.39. The van der Waals surface area contributed by atoms with Crippen molar-refractivity contribution >= 4 is 5.91 Å². The van der Waals surface area contributed by atoms with E-state index >= 15 is 0 Å². The van der Waals surface area contributed by atoms with Gasteiger partial charge in [-0.05, 0) is 64.6 Å². The minimum absolute atomic E-state index is 0.0639. The highest BCUT2D eigenvalue weighted by Gasteiger charge is 2.41. The lowest BCUT2D eigenvalue weighted by Crippen LogP contribution is -2.47. The van der Waals surface area contributed by atoms with Crippen molar-refractivity contribution in [3.8, 4) is 0 Å². The van der Waals surface area contributed by atoms with Crippen LogP contribution in [0.5, 0.6) is 0 Å². The standard InChI is InChI=1S/C21H31F2N3O/c1-20(2,3)24-18(27)13-26-11-9-21(15-26)8-5-10-25(14-21)12-16-6-4-7-17(22)19(16)23/h4,6-7H,5,8-15H2,1-3H3,(H,24,27)/t21-/m0/s1. The van der Waals surface area contributed by atoms with Crippen molar-refractivity contribution in [1.29, 1.82) is 0 Å². The second-order valence-electron chi connectivity index (χ2n) is 9.29. The molecule has 6 heteroatoms. The zero-order chi connectivity index (χ0) is 19.7. The zero-order valence-electron chi connectivity index (χ0n) is 16.7. The normalized spacial score (nSPS) is 24.5. The molecular weight excluding hydrogens is 348 g/mol. The van der Waals surface area contributed by atoms with E-state index in [1.54, 1.807) is 12.1 Å². The zero-order valence-corrected chi connectivity index (χ0v) is 16.7. The lowest BCUT2D eigenvalue weighted by Gasteiger charge is -2.40. The predicted molar refractivity (Wildman–Crippen MR) is 102 cm³/mol. The molecule has 0 unspecified atom stereocenters. The summed E-state index contributed by atoms with van der Waals surface area (Å²) in [7, 11) is 0. The molecule has 0 aromatic heterocycles. The Balaban J connectivity index is 1.57. The lowest BCUT2D eigenvalue weighted by molar-refractivity contribution is -0.123. The van der Waals surface area contributed by atoms with Crippen LogP contribution in [0.3, 0.4) is 0 Å². The molecule has 150 valence electrons. The number of nitrogens with one attached hydrogen (secondary N) is 1. The monoisotopic (exact) mass is 379 g/mol. The Bertz CT molecular complexity index is 688. The first kappa shape index (κ1) is 20.2. The summed E-state index contributed by atoms with van der Waals surface area (Å²) in [6.45, 7) is 10.4. The number of nitrogens with zero attached hydrogens (tertiary/aromatic N) is 2. The number of carbonyl (C=O) groups is 1. The molecular formula is C21H31F2N3O. The van der Waals surface area contributed by atoms with Gasteiger partial charge in [0.2, 0.25) is 5.91 Å². The fraction of sp³-hybridized carbons (Fsp3) is 0.667. The first-order chi connectivity index (χ1) is 12.7. The van der Waals surface area contributed by atoms with Gasteiger partial charge in [-0.15, -0.1) is 0 Å². The van der Waals surface area contributed by atoms with Crippen molar-refractivity contribution in [2.75, 3.05) is 32.7 Å². The molecule has 2 saturated heterocycles. The Hall–Kier alpha value is -1.53. The number of piperidine rings is 1. The lowest BCUT2D eigenvalue weighted by atomic mass is 9.79. The second-order valence-corrected chi connectivity index (χ2v) is 9.29. The Kier molecular flexibility index (Phi) is 5.87. The van der Waals surface area contributed by atoms with Gasteiger partial charge in [0.05, 0.1) is 6.54 Å². The minimum Gasteiger partial charge on any atom is -0.350 e. The van der Waals surface area contributed by atoms with Crippen molar-refractivity contribution in [3.63, 3.8) is 0 Å². The van der Waals surface area contributed by atoms with Gasteiger partial charge in [0.25, 0.3) is 0 Å². The van der Waals surface area contributed by atoms with E-state index in [2.05, 4.69) is 15.1 Å². The first-order valence-corrected chi connectivity index (χ1v) is 9.84.